The SMILES string of the molecule is CCCCCCCOc1ncc(CNC)c2ccccc12. The molecule has 2 rings (SSSR count). The van der Waals surface area contributed by atoms with Crippen LogP contribution in [-0.2, 0) is 6.54 Å². The zero-order valence-electron chi connectivity index (χ0n) is 13.2. The second kappa shape index (κ2) is 8.63. The number of aromatic nitrogens is 1. The Morgan fingerprint density at radius 2 is 1.81 bits per heavy atom. The summed E-state index contributed by atoms with van der Waals surface area (Å²) in [5.74, 6) is 0.765. The van der Waals surface area contributed by atoms with Gasteiger partial charge in [-0.1, -0.05) is 50.8 Å². The van der Waals surface area contributed by atoms with Crippen molar-refractivity contribution in [1.82, 2.24) is 10.3 Å². The molecule has 0 unspecified atom stereocenters. The van der Waals surface area contributed by atoms with Gasteiger partial charge in [0.25, 0.3) is 0 Å². The average Bonchev–Trinajstić information content (AvgIpc) is 2.52. The molecule has 0 radical (unpaired) electrons. The third-order valence-electron chi connectivity index (χ3n) is 3.69. The molecule has 1 aromatic carbocycles. The van der Waals surface area contributed by atoms with Gasteiger partial charge in [0.15, 0.2) is 0 Å². The number of hydrogen-bond donors (Lipinski definition) is 1. The Balaban J connectivity index is 2.02. The summed E-state index contributed by atoms with van der Waals surface area (Å²) >= 11 is 0. The Morgan fingerprint density at radius 1 is 1.05 bits per heavy atom. The molecular formula is C18H26N2O. The molecule has 0 amide bonds. The Hall–Kier alpha value is -1.61. The predicted octanol–water partition coefficient (Wildman–Crippen LogP) is 4.30. The summed E-state index contributed by atoms with van der Waals surface area (Å²) in [5.41, 5.74) is 1.21. The largest absolute Gasteiger partial charge is 0.477 e. The van der Waals surface area contributed by atoms with E-state index in [-0.39, 0.29) is 0 Å². The van der Waals surface area contributed by atoms with Crippen LogP contribution in [0.25, 0.3) is 10.8 Å². The van der Waals surface area contributed by atoms with Gasteiger partial charge in [-0.15, -0.1) is 0 Å². The first-order chi connectivity index (χ1) is 10.4. The third-order valence-corrected chi connectivity index (χ3v) is 3.69. The summed E-state index contributed by atoms with van der Waals surface area (Å²) < 4.78 is 5.90. The molecule has 0 aliphatic carbocycles. The van der Waals surface area contributed by atoms with E-state index in [9.17, 15) is 0 Å². The predicted molar refractivity (Wildman–Crippen MR) is 88.8 cm³/mol. The maximum atomic E-state index is 5.90. The monoisotopic (exact) mass is 286 g/mol. The molecule has 0 spiro atoms. The normalized spacial score (nSPS) is 11.0. The molecule has 114 valence electrons. The summed E-state index contributed by atoms with van der Waals surface area (Å²) in [6.45, 7) is 3.82. The van der Waals surface area contributed by atoms with E-state index in [4.69, 9.17) is 4.74 Å². The lowest BCUT2D eigenvalue weighted by molar-refractivity contribution is 0.297. The van der Waals surface area contributed by atoms with Crippen LogP contribution in [0, 0.1) is 0 Å². The van der Waals surface area contributed by atoms with Crippen molar-refractivity contribution in [3.05, 3.63) is 36.0 Å². The fourth-order valence-corrected chi connectivity index (χ4v) is 2.55. The standard InChI is InChI=1S/C18H26N2O/c1-3-4-5-6-9-12-21-18-17-11-8-7-10-16(17)15(13-19-2)14-20-18/h7-8,10-11,14,19H,3-6,9,12-13H2,1-2H3. The van der Waals surface area contributed by atoms with Gasteiger partial charge in [-0.2, -0.15) is 0 Å². The molecule has 1 aromatic heterocycles. The van der Waals surface area contributed by atoms with Crippen molar-refractivity contribution in [3.63, 3.8) is 0 Å². The van der Waals surface area contributed by atoms with Gasteiger partial charge in [-0.25, -0.2) is 4.98 Å². The Bertz CT molecular complexity index is 554. The Morgan fingerprint density at radius 3 is 2.57 bits per heavy atom. The molecule has 0 bridgehead atoms. The van der Waals surface area contributed by atoms with E-state index in [1.165, 1.54) is 36.6 Å². The van der Waals surface area contributed by atoms with E-state index in [0.717, 1.165) is 30.8 Å². The van der Waals surface area contributed by atoms with E-state index >= 15 is 0 Å². The van der Waals surface area contributed by atoms with Crippen LogP contribution in [0.15, 0.2) is 30.5 Å². The highest BCUT2D eigenvalue weighted by Crippen LogP contribution is 2.26. The second-order valence-corrected chi connectivity index (χ2v) is 5.43. The first-order valence-electron chi connectivity index (χ1n) is 8.00. The summed E-state index contributed by atoms with van der Waals surface area (Å²) in [6.07, 6.45) is 8.16. The van der Waals surface area contributed by atoms with Gasteiger partial charge in [0.2, 0.25) is 5.88 Å². The summed E-state index contributed by atoms with van der Waals surface area (Å²) in [5, 5.41) is 5.52. The summed E-state index contributed by atoms with van der Waals surface area (Å²) in [6, 6.07) is 8.34. The zero-order chi connectivity index (χ0) is 14.9. The van der Waals surface area contributed by atoms with Crippen molar-refractivity contribution < 1.29 is 4.74 Å². The van der Waals surface area contributed by atoms with Gasteiger partial charge in [0, 0.05) is 18.1 Å². The summed E-state index contributed by atoms with van der Waals surface area (Å²) in [7, 11) is 1.95. The average molecular weight is 286 g/mol. The highest BCUT2D eigenvalue weighted by Gasteiger charge is 2.07. The minimum atomic E-state index is 0.756. The number of benzene rings is 1. The number of rotatable bonds is 9. The molecule has 1 N–H and O–H groups in total. The quantitative estimate of drug-likeness (QED) is 0.698. The molecule has 1 heterocycles. The van der Waals surface area contributed by atoms with Gasteiger partial charge in [-0.3, -0.25) is 0 Å². The second-order valence-electron chi connectivity index (χ2n) is 5.43. The van der Waals surface area contributed by atoms with Crippen molar-refractivity contribution in [3.8, 4) is 5.88 Å². The van der Waals surface area contributed by atoms with Crippen molar-refractivity contribution >= 4 is 10.8 Å². The molecule has 0 atom stereocenters. The smallest absolute Gasteiger partial charge is 0.221 e. The van der Waals surface area contributed by atoms with Crippen LogP contribution >= 0.6 is 0 Å². The van der Waals surface area contributed by atoms with E-state index < -0.39 is 0 Å². The maximum Gasteiger partial charge on any atom is 0.221 e. The van der Waals surface area contributed by atoms with Gasteiger partial charge in [0.05, 0.1) is 6.61 Å². The number of unbranched alkanes of at least 4 members (excludes halogenated alkanes) is 4. The Labute approximate surface area is 127 Å². The van der Waals surface area contributed by atoms with Crippen molar-refractivity contribution in [2.24, 2.45) is 0 Å². The molecule has 0 fully saturated rings. The maximum absolute atomic E-state index is 5.90. The van der Waals surface area contributed by atoms with Crippen LogP contribution in [0.2, 0.25) is 0 Å². The van der Waals surface area contributed by atoms with Crippen LogP contribution in [0.1, 0.15) is 44.6 Å². The molecular weight excluding hydrogens is 260 g/mol. The summed E-state index contributed by atoms with van der Waals surface area (Å²) in [4.78, 5) is 4.50. The van der Waals surface area contributed by atoms with Crippen molar-refractivity contribution in [2.75, 3.05) is 13.7 Å². The number of fused-ring (bicyclic) bond motifs is 1. The fourth-order valence-electron chi connectivity index (χ4n) is 2.55. The molecule has 0 aliphatic heterocycles. The molecule has 0 saturated heterocycles. The number of ether oxygens (including phenoxy) is 1. The lowest BCUT2D eigenvalue weighted by Crippen LogP contribution is -2.07. The minimum Gasteiger partial charge on any atom is -0.477 e. The van der Waals surface area contributed by atoms with Crippen LogP contribution in [-0.4, -0.2) is 18.6 Å². The topological polar surface area (TPSA) is 34.1 Å². The lowest BCUT2D eigenvalue weighted by Gasteiger charge is -2.11. The van der Waals surface area contributed by atoms with E-state index in [1.54, 1.807) is 0 Å². The molecule has 21 heavy (non-hydrogen) atoms. The van der Waals surface area contributed by atoms with Gasteiger partial charge in [-0.05, 0) is 30.5 Å². The van der Waals surface area contributed by atoms with Crippen LogP contribution in [0.3, 0.4) is 0 Å². The minimum absolute atomic E-state index is 0.756. The van der Waals surface area contributed by atoms with Crippen LogP contribution in [0.4, 0.5) is 0 Å². The molecule has 0 saturated carbocycles. The molecule has 3 nitrogen and oxygen atoms in total. The highest BCUT2D eigenvalue weighted by atomic mass is 16.5. The lowest BCUT2D eigenvalue weighted by atomic mass is 10.1. The van der Waals surface area contributed by atoms with Crippen molar-refractivity contribution in [1.29, 1.82) is 0 Å². The van der Waals surface area contributed by atoms with E-state index in [1.807, 2.05) is 19.3 Å². The van der Waals surface area contributed by atoms with Crippen molar-refractivity contribution in [2.45, 2.75) is 45.6 Å². The number of hydrogen-bond acceptors (Lipinski definition) is 3. The molecule has 3 heteroatoms. The van der Waals surface area contributed by atoms with Gasteiger partial charge >= 0.3 is 0 Å². The van der Waals surface area contributed by atoms with Crippen LogP contribution in [0.5, 0.6) is 5.88 Å². The first kappa shape index (κ1) is 15.8. The third kappa shape index (κ3) is 4.43. The molecule has 2 aromatic rings. The number of nitrogens with one attached hydrogen (secondary N) is 1. The van der Waals surface area contributed by atoms with E-state index in [2.05, 4.69) is 35.4 Å². The number of nitrogens with zero attached hydrogens (tertiary/aromatic N) is 1. The van der Waals surface area contributed by atoms with Gasteiger partial charge < -0.3 is 10.1 Å². The van der Waals surface area contributed by atoms with Crippen LogP contribution < -0.4 is 10.1 Å². The molecule has 0 aliphatic rings. The fraction of sp³-hybridized carbons (Fsp3) is 0.500. The first-order valence-corrected chi connectivity index (χ1v) is 8.00. The highest BCUT2D eigenvalue weighted by molar-refractivity contribution is 5.89. The van der Waals surface area contributed by atoms with E-state index in [0.29, 0.717) is 0 Å². The van der Waals surface area contributed by atoms with Gasteiger partial charge in [0.1, 0.15) is 0 Å². The number of pyridine rings is 1. The zero-order valence-corrected chi connectivity index (χ0v) is 13.2. The Kier molecular flexibility index (Phi) is 6.48.